The van der Waals surface area contributed by atoms with Gasteiger partial charge in [0.05, 0.1) is 18.9 Å². The van der Waals surface area contributed by atoms with E-state index in [0.29, 0.717) is 44.8 Å². The summed E-state index contributed by atoms with van der Waals surface area (Å²) in [5.74, 6) is 0.220. The van der Waals surface area contributed by atoms with E-state index in [2.05, 4.69) is 20.6 Å². The first-order valence-electron chi connectivity index (χ1n) is 16.8. The number of methoxy groups -OCH3 is 1. The van der Waals surface area contributed by atoms with Gasteiger partial charge in [-0.1, -0.05) is 24.3 Å². The topological polar surface area (TPSA) is 148 Å². The zero-order valence-electron chi connectivity index (χ0n) is 27.9. The number of para-hydroxylation sites is 1. The molecule has 1 aromatic heterocycles. The Morgan fingerprint density at radius 3 is 2.37 bits per heavy atom. The van der Waals surface area contributed by atoms with E-state index in [1.165, 1.54) is 10.7 Å². The van der Waals surface area contributed by atoms with Crippen LogP contribution in [0, 0.1) is 0 Å². The van der Waals surface area contributed by atoms with Crippen molar-refractivity contribution in [3.63, 3.8) is 0 Å². The highest BCUT2D eigenvalue weighted by Gasteiger charge is 2.36. The molecule has 6 rings (SSSR count). The summed E-state index contributed by atoms with van der Waals surface area (Å²) in [6, 6.07) is 17.1. The summed E-state index contributed by atoms with van der Waals surface area (Å²) in [6.07, 6.45) is 3.55. The van der Waals surface area contributed by atoms with Crippen LogP contribution in [0.3, 0.4) is 0 Å². The molecule has 2 saturated heterocycles. The fourth-order valence-electron chi connectivity index (χ4n) is 6.29. The number of anilines is 1. The van der Waals surface area contributed by atoms with Crippen LogP contribution in [0.5, 0.6) is 17.5 Å². The second-order valence-electron chi connectivity index (χ2n) is 12.5. The predicted octanol–water partition coefficient (Wildman–Crippen LogP) is 2.75. The number of amides is 4. The van der Waals surface area contributed by atoms with Crippen LogP contribution in [0.1, 0.15) is 39.0 Å². The molecule has 2 N–H and O–H groups in total. The van der Waals surface area contributed by atoms with Crippen molar-refractivity contribution in [2.24, 2.45) is 0 Å². The summed E-state index contributed by atoms with van der Waals surface area (Å²) in [5, 5.41) is 10.0. The lowest BCUT2D eigenvalue weighted by Gasteiger charge is -2.37. The quantitative estimate of drug-likeness (QED) is 0.314. The Kier molecular flexibility index (Phi) is 10.5. The van der Waals surface area contributed by atoms with E-state index in [9.17, 15) is 19.2 Å². The fraction of sp³-hybridized carbons (Fsp3) is 0.457. The van der Waals surface area contributed by atoms with E-state index in [0.717, 1.165) is 37.1 Å². The molecule has 3 aliphatic rings. The van der Waals surface area contributed by atoms with Crippen LogP contribution in [0.25, 0.3) is 5.69 Å². The SMILES string of the molecule is COc1cccc(N2CCN(C(=O)[C@@H](C)NC(=O)Oc3cc(OCC(=O)N4CCC[C@H]4C(=O)NC4CCC4)n(-c4ccccc4)n3)CC2)c1. The lowest BCUT2D eigenvalue weighted by molar-refractivity contribution is -0.140. The number of nitrogens with zero attached hydrogens (tertiary/aromatic N) is 5. The highest BCUT2D eigenvalue weighted by Crippen LogP contribution is 2.26. The molecule has 0 spiro atoms. The van der Waals surface area contributed by atoms with Gasteiger partial charge in [0.1, 0.15) is 17.8 Å². The number of likely N-dealkylation sites (tertiary alicyclic amines) is 1. The number of hydrogen-bond acceptors (Lipinski definition) is 9. The van der Waals surface area contributed by atoms with Gasteiger partial charge < -0.3 is 39.5 Å². The standard InChI is InChI=1S/C35H43N7O7/c1-24(34(45)40-19-17-39(18-20-40)27-13-7-14-28(21-27)47-2)36-35(46)49-30-22-32(42(38-30)26-11-4-3-5-12-26)48-23-31(43)41-16-8-15-29(41)33(44)37-25-9-6-10-25/h3-5,7,11-14,21-22,24-25,29H,6,8-10,15-20,23H2,1-2H3,(H,36,46)(H,37,44)/t24-,29+/m1/s1. The molecule has 3 heterocycles. The van der Waals surface area contributed by atoms with Crippen molar-refractivity contribution >= 4 is 29.5 Å². The molecule has 3 fully saturated rings. The van der Waals surface area contributed by atoms with Gasteiger partial charge in [-0.2, -0.15) is 4.68 Å². The van der Waals surface area contributed by atoms with Gasteiger partial charge in [0.25, 0.3) is 5.91 Å². The number of ether oxygens (including phenoxy) is 3. The summed E-state index contributed by atoms with van der Waals surface area (Å²) in [6.45, 7) is 4.05. The Morgan fingerprint density at radius 1 is 0.898 bits per heavy atom. The Hall–Kier alpha value is -5.27. The summed E-state index contributed by atoms with van der Waals surface area (Å²) in [5.41, 5.74) is 1.64. The van der Waals surface area contributed by atoms with Gasteiger partial charge in [0.15, 0.2) is 6.61 Å². The molecule has 260 valence electrons. The third-order valence-electron chi connectivity index (χ3n) is 9.24. The first-order valence-corrected chi connectivity index (χ1v) is 16.8. The van der Waals surface area contributed by atoms with E-state index < -0.39 is 18.2 Å². The second-order valence-corrected chi connectivity index (χ2v) is 12.5. The molecule has 1 aliphatic carbocycles. The first-order chi connectivity index (χ1) is 23.8. The largest absolute Gasteiger partial charge is 0.497 e. The van der Waals surface area contributed by atoms with Crippen LogP contribution in [0.2, 0.25) is 0 Å². The molecule has 14 nitrogen and oxygen atoms in total. The van der Waals surface area contributed by atoms with Gasteiger partial charge in [0.2, 0.25) is 23.6 Å². The predicted molar refractivity (Wildman–Crippen MR) is 180 cm³/mol. The number of aromatic nitrogens is 2. The molecule has 4 amide bonds. The zero-order chi connectivity index (χ0) is 34.3. The molecule has 2 atom stereocenters. The minimum absolute atomic E-state index is 0.0747. The van der Waals surface area contributed by atoms with Crippen molar-refractivity contribution < 1.29 is 33.4 Å². The van der Waals surface area contributed by atoms with Gasteiger partial charge in [-0.15, -0.1) is 5.10 Å². The minimum atomic E-state index is -0.853. The van der Waals surface area contributed by atoms with Crippen molar-refractivity contribution in [3.8, 4) is 23.2 Å². The summed E-state index contributed by atoms with van der Waals surface area (Å²) in [4.78, 5) is 57.6. The molecular formula is C35H43N7O7. The zero-order valence-corrected chi connectivity index (χ0v) is 27.9. The van der Waals surface area contributed by atoms with Gasteiger partial charge in [-0.3, -0.25) is 14.4 Å². The Morgan fingerprint density at radius 2 is 1.65 bits per heavy atom. The highest BCUT2D eigenvalue weighted by molar-refractivity contribution is 5.89. The normalized spacial score (nSPS) is 18.3. The average molecular weight is 674 g/mol. The van der Waals surface area contributed by atoms with Gasteiger partial charge in [0, 0.05) is 50.5 Å². The number of nitrogens with one attached hydrogen (secondary N) is 2. The minimum Gasteiger partial charge on any atom is -0.497 e. The lowest BCUT2D eigenvalue weighted by atomic mass is 9.93. The number of rotatable bonds is 11. The molecule has 3 aromatic rings. The first kappa shape index (κ1) is 33.6. The number of piperazine rings is 1. The molecule has 49 heavy (non-hydrogen) atoms. The number of carbonyl (C=O) groups is 4. The van der Waals surface area contributed by atoms with Crippen LogP contribution >= 0.6 is 0 Å². The maximum Gasteiger partial charge on any atom is 0.414 e. The maximum atomic E-state index is 13.2. The van der Waals surface area contributed by atoms with Crippen molar-refractivity contribution in [3.05, 3.63) is 60.7 Å². The smallest absolute Gasteiger partial charge is 0.414 e. The summed E-state index contributed by atoms with van der Waals surface area (Å²) in [7, 11) is 1.63. The van der Waals surface area contributed by atoms with Crippen LogP contribution in [0.4, 0.5) is 10.5 Å². The molecule has 0 bridgehead atoms. The fourth-order valence-corrected chi connectivity index (χ4v) is 6.29. The number of hydrogen-bond donors (Lipinski definition) is 2. The van der Waals surface area contributed by atoms with Crippen molar-refractivity contribution in [2.45, 2.75) is 57.2 Å². The van der Waals surface area contributed by atoms with Crippen LogP contribution < -0.4 is 29.7 Å². The van der Waals surface area contributed by atoms with Crippen molar-refractivity contribution in [1.82, 2.24) is 30.2 Å². The van der Waals surface area contributed by atoms with E-state index >= 15 is 0 Å². The van der Waals surface area contributed by atoms with Gasteiger partial charge in [-0.25, -0.2) is 4.79 Å². The second kappa shape index (κ2) is 15.3. The Labute approximate surface area is 285 Å². The monoisotopic (exact) mass is 673 g/mol. The number of carbonyl (C=O) groups excluding carboxylic acids is 4. The van der Waals surface area contributed by atoms with Gasteiger partial charge >= 0.3 is 6.09 Å². The van der Waals surface area contributed by atoms with E-state index in [-0.39, 0.29) is 42.1 Å². The molecule has 2 aromatic carbocycles. The summed E-state index contributed by atoms with van der Waals surface area (Å²) >= 11 is 0. The average Bonchev–Trinajstić information content (AvgIpc) is 3.76. The van der Waals surface area contributed by atoms with Crippen LogP contribution in [0.15, 0.2) is 60.7 Å². The van der Waals surface area contributed by atoms with E-state index in [4.69, 9.17) is 14.2 Å². The van der Waals surface area contributed by atoms with Crippen LogP contribution in [-0.2, 0) is 14.4 Å². The number of benzene rings is 2. The molecule has 0 radical (unpaired) electrons. The van der Waals surface area contributed by atoms with Gasteiger partial charge in [-0.05, 0) is 63.3 Å². The lowest BCUT2D eigenvalue weighted by Crippen LogP contribution is -2.54. The molecule has 0 unspecified atom stereocenters. The third-order valence-corrected chi connectivity index (χ3v) is 9.24. The van der Waals surface area contributed by atoms with E-state index in [1.54, 1.807) is 36.0 Å². The Bertz CT molecular complexity index is 1640. The highest BCUT2D eigenvalue weighted by atomic mass is 16.6. The molecule has 2 aliphatic heterocycles. The molecule has 1 saturated carbocycles. The third kappa shape index (κ3) is 8.07. The van der Waals surface area contributed by atoms with Crippen molar-refractivity contribution in [2.75, 3.05) is 51.3 Å². The van der Waals surface area contributed by atoms with E-state index in [1.807, 2.05) is 42.5 Å². The molecule has 14 heteroatoms. The van der Waals surface area contributed by atoms with Crippen LogP contribution in [-0.4, -0.2) is 108 Å². The summed E-state index contributed by atoms with van der Waals surface area (Å²) < 4.78 is 18.1. The maximum absolute atomic E-state index is 13.2. The molecular weight excluding hydrogens is 630 g/mol. The van der Waals surface area contributed by atoms with Crippen molar-refractivity contribution in [1.29, 1.82) is 0 Å². The Balaban J connectivity index is 1.04.